The highest BCUT2D eigenvalue weighted by Gasteiger charge is 2.46. The van der Waals surface area contributed by atoms with Crippen LogP contribution < -0.4 is 4.74 Å². The van der Waals surface area contributed by atoms with E-state index in [2.05, 4.69) is 0 Å². The topological polar surface area (TPSA) is 134 Å². The van der Waals surface area contributed by atoms with Crippen molar-refractivity contribution in [3.8, 4) is 11.5 Å². The monoisotopic (exact) mass is 518 g/mol. The SMILES string of the molecule is CCOc1cc([C@H]2/C(=C(\O)c3ccc(S(=O)(=O)N(C)C)cc3)C(=O)C(=O)N2CCCOC)ccc1O. The zero-order chi connectivity index (χ0) is 26.6. The van der Waals surface area contributed by atoms with Gasteiger partial charge in [0.05, 0.1) is 23.1 Å². The number of phenols is 1. The highest BCUT2D eigenvalue weighted by molar-refractivity contribution is 7.89. The number of ether oxygens (including phenoxy) is 2. The first-order valence-corrected chi connectivity index (χ1v) is 12.7. The van der Waals surface area contributed by atoms with Gasteiger partial charge in [-0.15, -0.1) is 0 Å². The fraction of sp³-hybridized carbons (Fsp3) is 0.360. The molecule has 1 amide bonds. The predicted molar refractivity (Wildman–Crippen MR) is 132 cm³/mol. The van der Waals surface area contributed by atoms with Crippen molar-refractivity contribution in [2.75, 3.05) is 41.0 Å². The number of rotatable bonds is 10. The molecule has 1 aliphatic rings. The van der Waals surface area contributed by atoms with E-state index in [-0.39, 0.29) is 40.7 Å². The Morgan fingerprint density at radius 1 is 1.11 bits per heavy atom. The Kier molecular flexibility index (Phi) is 8.39. The number of likely N-dealkylation sites (tertiary alicyclic amines) is 1. The van der Waals surface area contributed by atoms with Gasteiger partial charge in [0.1, 0.15) is 5.76 Å². The summed E-state index contributed by atoms with van der Waals surface area (Å²) in [6.07, 6.45) is 0.452. The van der Waals surface area contributed by atoms with Crippen LogP contribution in [-0.4, -0.2) is 80.5 Å². The number of ketones is 1. The second-order valence-electron chi connectivity index (χ2n) is 8.31. The molecule has 1 saturated heterocycles. The number of amides is 1. The molecule has 0 spiro atoms. The Morgan fingerprint density at radius 2 is 1.78 bits per heavy atom. The average Bonchev–Trinajstić information content (AvgIpc) is 3.10. The Morgan fingerprint density at radius 3 is 2.36 bits per heavy atom. The van der Waals surface area contributed by atoms with E-state index in [1.807, 2.05) is 0 Å². The summed E-state index contributed by atoms with van der Waals surface area (Å²) in [5, 5.41) is 21.3. The number of hydrogen-bond acceptors (Lipinski definition) is 8. The molecule has 11 heteroatoms. The number of carbonyl (C=O) groups excluding carboxylic acids is 2. The number of Topliss-reactive ketones (excluding diaryl/α,β-unsaturated/α-hetero) is 1. The molecule has 3 rings (SSSR count). The van der Waals surface area contributed by atoms with Crippen molar-refractivity contribution in [3.63, 3.8) is 0 Å². The maximum Gasteiger partial charge on any atom is 0.295 e. The molecule has 2 N–H and O–H groups in total. The van der Waals surface area contributed by atoms with Gasteiger partial charge in [-0.2, -0.15) is 0 Å². The first-order valence-electron chi connectivity index (χ1n) is 11.3. The fourth-order valence-corrected chi connectivity index (χ4v) is 4.86. The highest BCUT2D eigenvalue weighted by atomic mass is 32.2. The van der Waals surface area contributed by atoms with Crippen molar-refractivity contribution in [1.82, 2.24) is 9.21 Å². The number of benzene rings is 2. The molecule has 10 nitrogen and oxygen atoms in total. The zero-order valence-corrected chi connectivity index (χ0v) is 21.4. The molecule has 36 heavy (non-hydrogen) atoms. The summed E-state index contributed by atoms with van der Waals surface area (Å²) in [6.45, 7) is 2.58. The van der Waals surface area contributed by atoms with E-state index in [9.17, 15) is 28.2 Å². The third kappa shape index (κ3) is 5.23. The van der Waals surface area contributed by atoms with Crippen LogP contribution in [0, 0.1) is 0 Å². The van der Waals surface area contributed by atoms with Crippen molar-refractivity contribution in [2.45, 2.75) is 24.3 Å². The van der Waals surface area contributed by atoms with E-state index in [4.69, 9.17) is 9.47 Å². The van der Waals surface area contributed by atoms with Crippen molar-refractivity contribution in [1.29, 1.82) is 0 Å². The minimum absolute atomic E-state index is 0.0144. The maximum absolute atomic E-state index is 13.1. The van der Waals surface area contributed by atoms with Gasteiger partial charge in [0.15, 0.2) is 11.5 Å². The quantitative estimate of drug-likeness (QED) is 0.212. The lowest BCUT2D eigenvalue weighted by Gasteiger charge is -2.25. The molecule has 0 bridgehead atoms. The maximum atomic E-state index is 13.1. The normalized spacial score (nSPS) is 17.7. The Labute approximate surface area is 210 Å². The summed E-state index contributed by atoms with van der Waals surface area (Å²) in [4.78, 5) is 27.5. The molecule has 0 aliphatic carbocycles. The predicted octanol–water partition coefficient (Wildman–Crippen LogP) is 2.50. The van der Waals surface area contributed by atoms with Gasteiger partial charge in [-0.3, -0.25) is 9.59 Å². The summed E-state index contributed by atoms with van der Waals surface area (Å²) in [7, 11) is 0.648. The van der Waals surface area contributed by atoms with Gasteiger partial charge in [-0.1, -0.05) is 6.07 Å². The second-order valence-corrected chi connectivity index (χ2v) is 10.5. The second kappa shape index (κ2) is 11.1. The number of aliphatic hydroxyl groups is 1. The minimum Gasteiger partial charge on any atom is -0.507 e. The van der Waals surface area contributed by atoms with Gasteiger partial charge >= 0.3 is 0 Å². The number of hydrogen-bond donors (Lipinski definition) is 2. The number of nitrogens with zero attached hydrogens (tertiary/aromatic N) is 2. The highest BCUT2D eigenvalue weighted by Crippen LogP contribution is 2.42. The lowest BCUT2D eigenvalue weighted by Crippen LogP contribution is -2.31. The van der Waals surface area contributed by atoms with Crippen LogP contribution in [0.3, 0.4) is 0 Å². The standard InChI is InChI=1S/C25H30N2O8S/c1-5-35-20-15-17(9-12-19(20)28)22-21(24(30)25(31)27(22)13-6-14-34-4)23(29)16-7-10-18(11-8-16)36(32,33)26(2)3/h7-12,15,22,28-29H,5-6,13-14H2,1-4H3/b23-21+/t22-/m0/s1. The summed E-state index contributed by atoms with van der Waals surface area (Å²) >= 11 is 0. The van der Waals surface area contributed by atoms with Crippen LogP contribution in [0.4, 0.5) is 0 Å². The molecule has 2 aromatic rings. The molecule has 1 fully saturated rings. The molecule has 1 aliphatic heterocycles. The third-order valence-electron chi connectivity index (χ3n) is 5.79. The number of phenolic OH excluding ortho intramolecular Hbond substituents is 1. The van der Waals surface area contributed by atoms with E-state index in [0.29, 0.717) is 18.6 Å². The summed E-state index contributed by atoms with van der Waals surface area (Å²) in [5.41, 5.74) is 0.492. The smallest absolute Gasteiger partial charge is 0.295 e. The van der Waals surface area contributed by atoms with Crippen LogP contribution in [0.2, 0.25) is 0 Å². The molecule has 0 aromatic heterocycles. The van der Waals surface area contributed by atoms with Crippen LogP contribution in [0.1, 0.15) is 30.5 Å². The average molecular weight is 519 g/mol. The van der Waals surface area contributed by atoms with Gasteiger partial charge in [0.2, 0.25) is 10.0 Å². The number of aliphatic hydroxyl groups excluding tert-OH is 1. The first-order chi connectivity index (χ1) is 17.0. The Bertz CT molecular complexity index is 1270. The Balaban J connectivity index is 2.14. The van der Waals surface area contributed by atoms with Crippen molar-refractivity contribution in [3.05, 3.63) is 59.2 Å². The van der Waals surface area contributed by atoms with Crippen molar-refractivity contribution in [2.24, 2.45) is 0 Å². The van der Waals surface area contributed by atoms with Gasteiger partial charge < -0.3 is 24.6 Å². The van der Waals surface area contributed by atoms with Gasteiger partial charge in [-0.25, -0.2) is 12.7 Å². The molecule has 0 radical (unpaired) electrons. The lowest BCUT2D eigenvalue weighted by molar-refractivity contribution is -0.140. The third-order valence-corrected chi connectivity index (χ3v) is 7.62. The summed E-state index contributed by atoms with van der Waals surface area (Å²) in [6, 6.07) is 8.93. The van der Waals surface area contributed by atoms with Crippen LogP contribution >= 0.6 is 0 Å². The summed E-state index contributed by atoms with van der Waals surface area (Å²) < 4.78 is 36.4. The van der Waals surface area contributed by atoms with Crippen molar-refractivity contribution < 1.29 is 37.7 Å². The zero-order valence-electron chi connectivity index (χ0n) is 20.6. The molecule has 1 atom stereocenters. The van der Waals surface area contributed by atoms with E-state index in [0.717, 1.165) is 4.31 Å². The van der Waals surface area contributed by atoms with E-state index < -0.39 is 33.5 Å². The van der Waals surface area contributed by atoms with Crippen molar-refractivity contribution >= 4 is 27.5 Å². The lowest BCUT2D eigenvalue weighted by atomic mass is 9.95. The molecule has 1 heterocycles. The number of sulfonamides is 1. The minimum atomic E-state index is -3.69. The van der Waals surface area contributed by atoms with Gasteiger partial charge in [0.25, 0.3) is 11.7 Å². The summed E-state index contributed by atoms with van der Waals surface area (Å²) in [5.74, 6) is -2.01. The van der Waals surface area contributed by atoms with Crippen LogP contribution in [0.15, 0.2) is 52.9 Å². The fourth-order valence-electron chi connectivity index (χ4n) is 3.96. The van der Waals surface area contributed by atoms with E-state index >= 15 is 0 Å². The molecular weight excluding hydrogens is 488 g/mol. The van der Waals surface area contributed by atoms with E-state index in [1.54, 1.807) is 13.0 Å². The first kappa shape index (κ1) is 27.2. The molecule has 0 unspecified atom stereocenters. The van der Waals surface area contributed by atoms with Crippen LogP contribution in [0.25, 0.3) is 5.76 Å². The number of aromatic hydroxyl groups is 1. The Hall–Kier alpha value is -3.41. The largest absolute Gasteiger partial charge is 0.507 e. The van der Waals surface area contributed by atoms with Gasteiger partial charge in [0, 0.05) is 39.9 Å². The molecule has 2 aromatic carbocycles. The molecular formula is C25H30N2O8S. The van der Waals surface area contributed by atoms with E-state index in [1.165, 1.54) is 62.5 Å². The molecule has 194 valence electrons. The number of methoxy groups -OCH3 is 1. The number of carbonyl (C=O) groups is 2. The van der Waals surface area contributed by atoms with Crippen LogP contribution in [-0.2, 0) is 24.3 Å². The molecule has 0 saturated carbocycles. The van der Waals surface area contributed by atoms with Crippen LogP contribution in [0.5, 0.6) is 11.5 Å². The van der Waals surface area contributed by atoms with Gasteiger partial charge in [-0.05, 0) is 55.3 Å².